The number of quaternary nitrogens is 1. The zero-order chi connectivity index (χ0) is 22.3. The molecule has 0 saturated heterocycles. The summed E-state index contributed by atoms with van der Waals surface area (Å²) in [5, 5.41) is 12.6. The van der Waals surface area contributed by atoms with Gasteiger partial charge in [0.1, 0.15) is 24.5 Å². The SMILES string of the molecule is CC[NH+](CC)CCOc1ccc(C(O)(Cc2ccc(Cl)cc2)c2ccc(C)cc2)cc1. The van der Waals surface area contributed by atoms with Crippen molar-refractivity contribution in [1.82, 2.24) is 0 Å². The first-order valence-electron chi connectivity index (χ1n) is 11.1. The average molecular weight is 439 g/mol. The van der Waals surface area contributed by atoms with Gasteiger partial charge >= 0.3 is 0 Å². The summed E-state index contributed by atoms with van der Waals surface area (Å²) < 4.78 is 5.94. The van der Waals surface area contributed by atoms with Crippen LogP contribution in [0.4, 0.5) is 0 Å². The van der Waals surface area contributed by atoms with Crippen molar-refractivity contribution < 1.29 is 14.7 Å². The molecule has 0 aromatic heterocycles. The number of ether oxygens (including phenoxy) is 1. The number of aliphatic hydroxyl groups is 1. The zero-order valence-corrected chi connectivity index (χ0v) is 19.5. The number of hydrogen-bond acceptors (Lipinski definition) is 2. The van der Waals surface area contributed by atoms with Crippen LogP contribution in [0.25, 0.3) is 0 Å². The van der Waals surface area contributed by atoms with Gasteiger partial charge in [-0.1, -0.05) is 65.7 Å². The second-order valence-corrected chi connectivity index (χ2v) is 8.55. The first kappa shape index (κ1) is 23.3. The molecular weight excluding hydrogens is 406 g/mol. The van der Waals surface area contributed by atoms with E-state index in [0.717, 1.165) is 47.6 Å². The van der Waals surface area contributed by atoms with Gasteiger partial charge in [0.15, 0.2) is 0 Å². The Morgan fingerprint density at radius 2 is 1.39 bits per heavy atom. The standard InChI is InChI=1S/C27H32ClNO2/c1-4-29(5-2)18-19-31-26-16-12-24(13-17-26)27(30,23-10-6-21(3)7-11-23)20-22-8-14-25(28)15-9-22/h6-17,30H,4-5,18-20H2,1-3H3/p+1. The van der Waals surface area contributed by atoms with Crippen LogP contribution >= 0.6 is 11.6 Å². The van der Waals surface area contributed by atoms with E-state index in [2.05, 4.69) is 13.8 Å². The van der Waals surface area contributed by atoms with Crippen molar-refractivity contribution in [2.75, 3.05) is 26.2 Å². The van der Waals surface area contributed by atoms with E-state index in [1.165, 1.54) is 4.90 Å². The molecule has 0 spiro atoms. The van der Waals surface area contributed by atoms with Crippen LogP contribution in [-0.2, 0) is 12.0 Å². The van der Waals surface area contributed by atoms with Crippen molar-refractivity contribution in [3.8, 4) is 5.75 Å². The maximum Gasteiger partial charge on any atom is 0.137 e. The Morgan fingerprint density at radius 3 is 1.94 bits per heavy atom. The maximum absolute atomic E-state index is 11.9. The smallest absolute Gasteiger partial charge is 0.137 e. The third kappa shape index (κ3) is 6.10. The second-order valence-electron chi connectivity index (χ2n) is 8.11. The molecule has 3 rings (SSSR count). The van der Waals surface area contributed by atoms with E-state index < -0.39 is 5.60 Å². The fraction of sp³-hybridized carbons (Fsp3) is 0.333. The van der Waals surface area contributed by atoms with Gasteiger partial charge in [-0.05, 0) is 61.7 Å². The summed E-state index contributed by atoms with van der Waals surface area (Å²) in [5.41, 5.74) is 2.75. The summed E-state index contributed by atoms with van der Waals surface area (Å²) in [6.07, 6.45) is 0.457. The number of aryl methyl sites for hydroxylation is 1. The van der Waals surface area contributed by atoms with Gasteiger partial charge in [0.25, 0.3) is 0 Å². The molecule has 3 aromatic rings. The third-order valence-electron chi connectivity index (χ3n) is 5.96. The first-order valence-corrected chi connectivity index (χ1v) is 11.4. The van der Waals surface area contributed by atoms with Gasteiger partial charge in [-0.3, -0.25) is 0 Å². The van der Waals surface area contributed by atoms with E-state index in [-0.39, 0.29) is 0 Å². The highest BCUT2D eigenvalue weighted by atomic mass is 35.5. The number of halogens is 1. The van der Waals surface area contributed by atoms with Crippen LogP contribution in [0.2, 0.25) is 5.02 Å². The summed E-state index contributed by atoms with van der Waals surface area (Å²) in [6.45, 7) is 10.3. The summed E-state index contributed by atoms with van der Waals surface area (Å²) >= 11 is 6.05. The zero-order valence-electron chi connectivity index (χ0n) is 18.7. The summed E-state index contributed by atoms with van der Waals surface area (Å²) in [6, 6.07) is 23.6. The molecule has 0 amide bonds. The highest BCUT2D eigenvalue weighted by Gasteiger charge is 2.32. The van der Waals surface area contributed by atoms with Crippen LogP contribution in [0, 0.1) is 6.92 Å². The summed E-state index contributed by atoms with van der Waals surface area (Å²) in [5.74, 6) is 0.827. The predicted octanol–water partition coefficient (Wildman–Crippen LogP) is 4.43. The molecule has 31 heavy (non-hydrogen) atoms. The number of rotatable bonds is 10. The lowest BCUT2D eigenvalue weighted by Gasteiger charge is -2.30. The number of hydrogen-bond donors (Lipinski definition) is 2. The van der Waals surface area contributed by atoms with Crippen LogP contribution < -0.4 is 9.64 Å². The Balaban J connectivity index is 1.83. The minimum absolute atomic E-state index is 0.457. The molecule has 1 unspecified atom stereocenters. The second kappa shape index (κ2) is 10.8. The molecule has 0 bridgehead atoms. The minimum atomic E-state index is -1.15. The fourth-order valence-corrected chi connectivity index (χ4v) is 3.97. The monoisotopic (exact) mass is 438 g/mol. The normalized spacial score (nSPS) is 13.2. The lowest BCUT2D eigenvalue weighted by molar-refractivity contribution is -0.896. The molecular formula is C27H33ClNO2+. The van der Waals surface area contributed by atoms with E-state index in [1.54, 1.807) is 0 Å². The molecule has 3 nitrogen and oxygen atoms in total. The Labute approximate surface area is 191 Å². The molecule has 0 fully saturated rings. The quantitative estimate of drug-likeness (QED) is 0.491. The largest absolute Gasteiger partial charge is 0.488 e. The van der Waals surface area contributed by atoms with Crippen molar-refractivity contribution in [3.05, 3.63) is 100 Å². The van der Waals surface area contributed by atoms with E-state index in [4.69, 9.17) is 16.3 Å². The van der Waals surface area contributed by atoms with Gasteiger partial charge in [-0.15, -0.1) is 0 Å². The van der Waals surface area contributed by atoms with Crippen molar-refractivity contribution >= 4 is 11.6 Å². The van der Waals surface area contributed by atoms with Gasteiger partial charge in [0, 0.05) is 11.4 Å². The molecule has 0 aliphatic carbocycles. The lowest BCUT2D eigenvalue weighted by atomic mass is 9.81. The molecule has 0 saturated carbocycles. The van der Waals surface area contributed by atoms with Crippen LogP contribution in [0.1, 0.15) is 36.1 Å². The molecule has 1 atom stereocenters. The highest BCUT2D eigenvalue weighted by molar-refractivity contribution is 6.30. The lowest BCUT2D eigenvalue weighted by Crippen LogP contribution is -3.12. The van der Waals surface area contributed by atoms with E-state index in [1.807, 2.05) is 79.7 Å². The first-order chi connectivity index (χ1) is 14.9. The maximum atomic E-state index is 11.9. The minimum Gasteiger partial charge on any atom is -0.488 e. The third-order valence-corrected chi connectivity index (χ3v) is 6.21. The van der Waals surface area contributed by atoms with Crippen molar-refractivity contribution in [1.29, 1.82) is 0 Å². The molecule has 2 N–H and O–H groups in total. The van der Waals surface area contributed by atoms with E-state index >= 15 is 0 Å². The summed E-state index contributed by atoms with van der Waals surface area (Å²) in [7, 11) is 0. The van der Waals surface area contributed by atoms with Crippen molar-refractivity contribution in [2.45, 2.75) is 32.8 Å². The molecule has 0 heterocycles. The Morgan fingerprint density at radius 1 is 0.839 bits per heavy atom. The fourth-order valence-electron chi connectivity index (χ4n) is 3.84. The average Bonchev–Trinajstić information content (AvgIpc) is 2.79. The molecule has 0 radical (unpaired) electrons. The van der Waals surface area contributed by atoms with Crippen LogP contribution in [0.3, 0.4) is 0 Å². The van der Waals surface area contributed by atoms with E-state index in [0.29, 0.717) is 18.1 Å². The molecule has 164 valence electrons. The van der Waals surface area contributed by atoms with E-state index in [9.17, 15) is 5.11 Å². The Kier molecular flexibility index (Phi) is 8.14. The van der Waals surface area contributed by atoms with Crippen LogP contribution in [0.15, 0.2) is 72.8 Å². The Bertz CT molecular complexity index is 934. The number of likely N-dealkylation sites (N-methyl/N-ethyl adjacent to an activating group) is 1. The van der Waals surface area contributed by atoms with Gasteiger partial charge in [-0.25, -0.2) is 0 Å². The highest BCUT2D eigenvalue weighted by Crippen LogP contribution is 2.34. The number of nitrogens with one attached hydrogen (secondary N) is 1. The molecule has 3 aromatic carbocycles. The van der Waals surface area contributed by atoms with Crippen LogP contribution in [0.5, 0.6) is 5.75 Å². The molecule has 0 aliphatic heterocycles. The van der Waals surface area contributed by atoms with Crippen molar-refractivity contribution in [3.63, 3.8) is 0 Å². The van der Waals surface area contributed by atoms with Gasteiger partial charge in [0.2, 0.25) is 0 Å². The molecule has 0 aliphatic rings. The van der Waals surface area contributed by atoms with Gasteiger partial charge in [0.05, 0.1) is 13.1 Å². The van der Waals surface area contributed by atoms with Gasteiger partial charge in [-0.2, -0.15) is 0 Å². The van der Waals surface area contributed by atoms with Gasteiger partial charge < -0.3 is 14.7 Å². The number of benzene rings is 3. The topological polar surface area (TPSA) is 33.9 Å². The van der Waals surface area contributed by atoms with Crippen LogP contribution in [-0.4, -0.2) is 31.3 Å². The summed E-state index contributed by atoms with van der Waals surface area (Å²) in [4.78, 5) is 1.52. The predicted molar refractivity (Wildman–Crippen MR) is 128 cm³/mol. The Hall–Kier alpha value is -2.33. The molecule has 4 heteroatoms. The van der Waals surface area contributed by atoms with Crippen molar-refractivity contribution in [2.24, 2.45) is 0 Å².